The van der Waals surface area contributed by atoms with Gasteiger partial charge in [0.05, 0.1) is 17.2 Å². The number of carboxylic acids is 1. The molecule has 0 bridgehead atoms. The Labute approximate surface area is 114 Å². The number of amides is 1. The minimum atomic E-state index is -1.52. The number of carbonyl (C=O) groups excluding carboxylic acids is 1. The normalized spacial score (nSPS) is 18.6. The first kappa shape index (κ1) is 14.4. The van der Waals surface area contributed by atoms with Gasteiger partial charge in [-0.15, -0.1) is 0 Å². The van der Waals surface area contributed by atoms with Crippen molar-refractivity contribution in [3.05, 3.63) is 29.3 Å². The molecular weight excluding hydrogens is 270 g/mol. The van der Waals surface area contributed by atoms with E-state index in [9.17, 15) is 18.4 Å². The minimum absolute atomic E-state index is 0.304. The molecule has 7 heteroatoms. The second-order valence-corrected chi connectivity index (χ2v) is 4.65. The first-order chi connectivity index (χ1) is 9.49. The van der Waals surface area contributed by atoms with E-state index in [4.69, 9.17) is 5.11 Å². The number of hydrogen-bond acceptors (Lipinski definition) is 3. The van der Waals surface area contributed by atoms with E-state index in [1.54, 1.807) is 0 Å². The molecule has 0 radical (unpaired) electrons. The predicted octanol–water partition coefficient (Wildman–Crippen LogP) is 1.60. The third kappa shape index (κ3) is 3.11. The average molecular weight is 284 g/mol. The summed E-state index contributed by atoms with van der Waals surface area (Å²) in [4.78, 5) is 22.7. The monoisotopic (exact) mass is 284 g/mol. The largest absolute Gasteiger partial charge is 0.478 e. The lowest BCUT2D eigenvalue weighted by atomic mass is 9.98. The summed E-state index contributed by atoms with van der Waals surface area (Å²) in [5, 5.41) is 14.1. The van der Waals surface area contributed by atoms with E-state index in [-0.39, 0.29) is 11.6 Å². The van der Waals surface area contributed by atoms with Crippen molar-refractivity contribution in [2.24, 2.45) is 5.92 Å². The van der Waals surface area contributed by atoms with Crippen molar-refractivity contribution in [1.29, 1.82) is 0 Å². The molecule has 1 aromatic carbocycles. The maximum atomic E-state index is 13.6. The molecule has 0 aliphatic carbocycles. The van der Waals surface area contributed by atoms with E-state index in [1.165, 1.54) is 0 Å². The van der Waals surface area contributed by atoms with Crippen molar-refractivity contribution in [2.45, 2.75) is 12.8 Å². The van der Waals surface area contributed by atoms with Gasteiger partial charge < -0.3 is 15.7 Å². The Morgan fingerprint density at radius 2 is 2.05 bits per heavy atom. The van der Waals surface area contributed by atoms with Crippen molar-refractivity contribution in [1.82, 2.24) is 5.32 Å². The van der Waals surface area contributed by atoms with Gasteiger partial charge in [0, 0.05) is 12.6 Å². The summed E-state index contributed by atoms with van der Waals surface area (Å²) in [6.45, 7) is 1.32. The summed E-state index contributed by atoms with van der Waals surface area (Å²) in [7, 11) is 0. The number of benzene rings is 1. The summed E-state index contributed by atoms with van der Waals surface area (Å²) >= 11 is 0. The molecule has 5 nitrogen and oxygen atoms in total. The topological polar surface area (TPSA) is 78.4 Å². The molecule has 3 N–H and O–H groups in total. The second-order valence-electron chi connectivity index (χ2n) is 4.65. The van der Waals surface area contributed by atoms with Gasteiger partial charge in [-0.1, -0.05) is 0 Å². The zero-order chi connectivity index (χ0) is 14.7. The highest BCUT2D eigenvalue weighted by atomic mass is 19.1. The summed E-state index contributed by atoms with van der Waals surface area (Å²) in [6.07, 6.45) is 1.51. The zero-order valence-corrected chi connectivity index (χ0v) is 10.6. The Bertz CT molecular complexity index is 543. The van der Waals surface area contributed by atoms with Crippen molar-refractivity contribution in [3.63, 3.8) is 0 Å². The van der Waals surface area contributed by atoms with Gasteiger partial charge in [0.25, 0.3) is 0 Å². The van der Waals surface area contributed by atoms with Crippen molar-refractivity contribution < 1.29 is 23.5 Å². The fourth-order valence-electron chi connectivity index (χ4n) is 2.12. The Balaban J connectivity index is 2.18. The predicted molar refractivity (Wildman–Crippen MR) is 67.5 cm³/mol. The number of halogens is 2. The van der Waals surface area contributed by atoms with Crippen LogP contribution in [0.4, 0.5) is 14.5 Å². The molecule has 0 saturated carbocycles. The van der Waals surface area contributed by atoms with Crippen molar-refractivity contribution >= 4 is 17.6 Å². The highest BCUT2D eigenvalue weighted by Crippen LogP contribution is 2.21. The molecule has 1 amide bonds. The summed E-state index contributed by atoms with van der Waals surface area (Å²) in [6, 6.07) is 1.25. The van der Waals surface area contributed by atoms with Crippen molar-refractivity contribution in [3.8, 4) is 0 Å². The molecule has 0 aromatic heterocycles. The van der Waals surface area contributed by atoms with Crippen LogP contribution in [-0.4, -0.2) is 30.1 Å². The molecule has 1 fully saturated rings. The van der Waals surface area contributed by atoms with Crippen LogP contribution >= 0.6 is 0 Å². The lowest BCUT2D eigenvalue weighted by Gasteiger charge is -2.22. The molecule has 1 aromatic rings. The van der Waals surface area contributed by atoms with Crippen LogP contribution in [0.5, 0.6) is 0 Å². The highest BCUT2D eigenvalue weighted by Gasteiger charge is 2.23. The number of anilines is 1. The zero-order valence-electron chi connectivity index (χ0n) is 10.6. The van der Waals surface area contributed by atoms with Gasteiger partial charge in [-0.2, -0.15) is 0 Å². The molecule has 108 valence electrons. The Morgan fingerprint density at radius 1 is 1.30 bits per heavy atom. The lowest BCUT2D eigenvalue weighted by molar-refractivity contribution is -0.120. The SMILES string of the molecule is O=C(O)c1cc(NC(=O)[C@@H]2CCCNC2)c(F)cc1F. The van der Waals surface area contributed by atoms with Gasteiger partial charge in [0.2, 0.25) is 5.91 Å². The highest BCUT2D eigenvalue weighted by molar-refractivity contribution is 5.95. The number of hydrogen-bond donors (Lipinski definition) is 3. The van der Waals surface area contributed by atoms with Gasteiger partial charge in [0.1, 0.15) is 11.6 Å². The van der Waals surface area contributed by atoms with Gasteiger partial charge in [-0.05, 0) is 25.5 Å². The first-order valence-electron chi connectivity index (χ1n) is 6.23. The minimum Gasteiger partial charge on any atom is -0.478 e. The van der Waals surface area contributed by atoms with Crippen LogP contribution in [0.25, 0.3) is 0 Å². The van der Waals surface area contributed by atoms with Crippen LogP contribution < -0.4 is 10.6 Å². The standard InChI is InChI=1S/C13H14F2N2O3/c14-9-5-10(15)11(4-8(9)13(19)20)17-12(18)7-2-1-3-16-6-7/h4-5,7,16H,1-3,6H2,(H,17,18)(H,19,20)/t7-/m1/s1. The molecule has 0 unspecified atom stereocenters. The lowest BCUT2D eigenvalue weighted by Crippen LogP contribution is -2.37. The molecular formula is C13H14F2N2O3. The number of piperidine rings is 1. The van der Waals surface area contributed by atoms with Crippen LogP contribution in [0.1, 0.15) is 23.2 Å². The quantitative estimate of drug-likeness (QED) is 0.788. The summed E-state index contributed by atoms with van der Waals surface area (Å²) in [5.74, 6) is -4.39. The molecule has 0 spiro atoms. The molecule has 1 saturated heterocycles. The molecule has 1 aliphatic heterocycles. The number of carboxylic acid groups (broad SMARTS) is 1. The van der Waals surface area contributed by atoms with Crippen LogP contribution in [0.3, 0.4) is 0 Å². The molecule has 1 aliphatic rings. The summed E-state index contributed by atoms with van der Waals surface area (Å²) in [5.41, 5.74) is -0.997. The van der Waals surface area contributed by atoms with E-state index in [1.807, 2.05) is 0 Å². The molecule has 2 rings (SSSR count). The van der Waals surface area contributed by atoms with E-state index in [0.29, 0.717) is 19.0 Å². The van der Waals surface area contributed by atoms with Gasteiger partial charge >= 0.3 is 5.97 Å². The van der Waals surface area contributed by atoms with E-state index >= 15 is 0 Å². The van der Waals surface area contributed by atoms with E-state index in [2.05, 4.69) is 10.6 Å². The molecule has 20 heavy (non-hydrogen) atoms. The third-order valence-electron chi connectivity index (χ3n) is 3.21. The van der Waals surface area contributed by atoms with E-state index < -0.39 is 29.1 Å². The smallest absolute Gasteiger partial charge is 0.338 e. The fraction of sp³-hybridized carbons (Fsp3) is 0.385. The molecule has 1 heterocycles. The van der Waals surface area contributed by atoms with Crippen LogP contribution in [0.15, 0.2) is 12.1 Å². The molecule has 1 atom stereocenters. The average Bonchev–Trinajstić information content (AvgIpc) is 2.42. The second kappa shape index (κ2) is 5.96. The first-order valence-corrected chi connectivity index (χ1v) is 6.23. The number of aromatic carboxylic acids is 1. The Kier molecular flexibility index (Phi) is 4.29. The van der Waals surface area contributed by atoms with Crippen LogP contribution in [0, 0.1) is 17.6 Å². The van der Waals surface area contributed by atoms with Crippen molar-refractivity contribution in [2.75, 3.05) is 18.4 Å². The number of rotatable bonds is 3. The van der Waals surface area contributed by atoms with Crippen LogP contribution in [-0.2, 0) is 4.79 Å². The van der Waals surface area contributed by atoms with Crippen LogP contribution in [0.2, 0.25) is 0 Å². The maximum Gasteiger partial charge on any atom is 0.338 e. The Morgan fingerprint density at radius 3 is 2.65 bits per heavy atom. The third-order valence-corrected chi connectivity index (χ3v) is 3.21. The summed E-state index contributed by atoms with van der Waals surface area (Å²) < 4.78 is 26.8. The van der Waals surface area contributed by atoms with E-state index in [0.717, 1.165) is 19.0 Å². The fourth-order valence-corrected chi connectivity index (χ4v) is 2.12. The van der Waals surface area contributed by atoms with Gasteiger partial charge in [-0.25, -0.2) is 13.6 Å². The number of nitrogens with one attached hydrogen (secondary N) is 2. The maximum absolute atomic E-state index is 13.6. The van der Waals surface area contributed by atoms with Gasteiger partial charge in [-0.3, -0.25) is 4.79 Å². The Hall–Kier alpha value is -2.02. The number of carbonyl (C=O) groups is 2. The van der Waals surface area contributed by atoms with Gasteiger partial charge in [0.15, 0.2) is 0 Å².